The van der Waals surface area contributed by atoms with Crippen molar-refractivity contribution < 1.29 is 4.39 Å². The maximum atomic E-state index is 13.8. The zero-order valence-corrected chi connectivity index (χ0v) is 12.5. The molecule has 1 heterocycles. The molecule has 5 heteroatoms. The second kappa shape index (κ2) is 4.78. The molecule has 0 radical (unpaired) electrons. The number of nitrogen functional groups attached to an aromatic ring is 1. The fourth-order valence-electron chi connectivity index (χ4n) is 3.14. The largest absolute Gasteiger partial charge is 0.369 e. The van der Waals surface area contributed by atoms with Crippen molar-refractivity contribution >= 4 is 32.9 Å². The van der Waals surface area contributed by atoms with E-state index >= 15 is 0 Å². The fourth-order valence-corrected chi connectivity index (χ4v) is 3.47. The zero-order valence-electron chi connectivity index (χ0n) is 10.9. The molecule has 19 heavy (non-hydrogen) atoms. The lowest BCUT2D eigenvalue weighted by molar-refractivity contribution is 0.264. The number of hydrogen-bond donors (Lipinski definition) is 1. The summed E-state index contributed by atoms with van der Waals surface area (Å²) in [6.07, 6.45) is 4.76. The van der Waals surface area contributed by atoms with Gasteiger partial charge in [0.1, 0.15) is 5.82 Å². The van der Waals surface area contributed by atoms with E-state index in [1.54, 1.807) is 6.07 Å². The number of anilines is 1. The van der Waals surface area contributed by atoms with Gasteiger partial charge >= 0.3 is 0 Å². The molecule has 1 saturated carbocycles. The van der Waals surface area contributed by atoms with E-state index in [-0.39, 0.29) is 5.82 Å². The van der Waals surface area contributed by atoms with Crippen LogP contribution < -0.4 is 5.73 Å². The first kappa shape index (κ1) is 12.9. The molecule has 2 N–H and O–H groups in total. The number of rotatable bonds is 1. The van der Waals surface area contributed by atoms with Gasteiger partial charge in [-0.2, -0.15) is 0 Å². The van der Waals surface area contributed by atoms with Gasteiger partial charge in [-0.25, -0.2) is 9.37 Å². The average Bonchev–Trinajstić information content (AvgIpc) is 2.66. The summed E-state index contributed by atoms with van der Waals surface area (Å²) in [5.74, 6) is 0.781. The van der Waals surface area contributed by atoms with Crippen molar-refractivity contribution in [1.29, 1.82) is 0 Å². The molecule has 1 fully saturated rings. The van der Waals surface area contributed by atoms with Crippen molar-refractivity contribution in [2.75, 3.05) is 5.73 Å². The highest BCUT2D eigenvalue weighted by molar-refractivity contribution is 9.10. The number of halogens is 2. The number of imidazole rings is 1. The second-order valence-electron chi connectivity index (χ2n) is 5.42. The van der Waals surface area contributed by atoms with Crippen LogP contribution in [0.5, 0.6) is 0 Å². The van der Waals surface area contributed by atoms with E-state index in [1.807, 2.05) is 4.57 Å². The molecule has 0 saturated heterocycles. The molecule has 0 spiro atoms. The zero-order chi connectivity index (χ0) is 13.6. The third kappa shape index (κ3) is 2.14. The Morgan fingerprint density at radius 3 is 2.84 bits per heavy atom. The Balaban J connectivity index is 2.16. The number of nitrogens with zero attached hydrogens (tertiary/aromatic N) is 2. The highest BCUT2D eigenvalue weighted by Gasteiger charge is 2.26. The van der Waals surface area contributed by atoms with Gasteiger partial charge in [-0.3, -0.25) is 0 Å². The Hall–Kier alpha value is -1.10. The standard InChI is InChI=1S/C14H17BrFN3/c1-8-4-2-3-5-12(8)19-13-7-10(16)9(15)6-11(13)18-14(19)17/h6-8,12H,2-5H2,1H3,(H2,17,18). The second-order valence-corrected chi connectivity index (χ2v) is 6.28. The average molecular weight is 326 g/mol. The quantitative estimate of drug-likeness (QED) is 0.850. The molecule has 1 aliphatic carbocycles. The van der Waals surface area contributed by atoms with Gasteiger partial charge in [0.15, 0.2) is 0 Å². The van der Waals surface area contributed by atoms with Crippen molar-refractivity contribution in [2.45, 2.75) is 38.6 Å². The van der Waals surface area contributed by atoms with Gasteiger partial charge in [-0.1, -0.05) is 19.8 Å². The summed E-state index contributed by atoms with van der Waals surface area (Å²) >= 11 is 3.19. The molecule has 2 atom stereocenters. The first-order valence-electron chi connectivity index (χ1n) is 6.70. The van der Waals surface area contributed by atoms with Gasteiger partial charge < -0.3 is 10.3 Å². The van der Waals surface area contributed by atoms with E-state index < -0.39 is 0 Å². The molecule has 1 aromatic heterocycles. The van der Waals surface area contributed by atoms with Crippen molar-refractivity contribution in [1.82, 2.24) is 9.55 Å². The van der Waals surface area contributed by atoms with Crippen molar-refractivity contribution in [2.24, 2.45) is 5.92 Å². The minimum absolute atomic E-state index is 0.267. The summed E-state index contributed by atoms with van der Waals surface area (Å²) in [6, 6.07) is 3.56. The first-order chi connectivity index (χ1) is 9.08. The monoisotopic (exact) mass is 325 g/mol. The van der Waals surface area contributed by atoms with E-state index in [1.165, 1.54) is 25.3 Å². The summed E-state index contributed by atoms with van der Waals surface area (Å²) in [6.45, 7) is 2.24. The minimum Gasteiger partial charge on any atom is -0.369 e. The maximum absolute atomic E-state index is 13.8. The van der Waals surface area contributed by atoms with Crippen molar-refractivity contribution in [3.8, 4) is 0 Å². The smallest absolute Gasteiger partial charge is 0.201 e. The van der Waals surface area contributed by atoms with E-state index in [0.717, 1.165) is 17.5 Å². The van der Waals surface area contributed by atoms with Crippen LogP contribution in [0.2, 0.25) is 0 Å². The molecular formula is C14H17BrFN3. The van der Waals surface area contributed by atoms with Crippen LogP contribution in [-0.2, 0) is 0 Å². The van der Waals surface area contributed by atoms with Crippen LogP contribution >= 0.6 is 15.9 Å². The third-order valence-corrected chi connectivity index (χ3v) is 4.76. The molecule has 0 bridgehead atoms. The van der Waals surface area contributed by atoms with Crippen LogP contribution in [0.15, 0.2) is 16.6 Å². The highest BCUT2D eigenvalue weighted by atomic mass is 79.9. The van der Waals surface area contributed by atoms with Gasteiger partial charge in [-0.15, -0.1) is 0 Å². The SMILES string of the molecule is CC1CCCCC1n1c(N)nc2cc(Br)c(F)cc21. The summed E-state index contributed by atoms with van der Waals surface area (Å²) in [7, 11) is 0. The summed E-state index contributed by atoms with van der Waals surface area (Å²) < 4.78 is 16.2. The lowest BCUT2D eigenvalue weighted by atomic mass is 9.85. The fraction of sp³-hybridized carbons (Fsp3) is 0.500. The summed E-state index contributed by atoms with van der Waals surface area (Å²) in [4.78, 5) is 4.37. The summed E-state index contributed by atoms with van der Waals surface area (Å²) in [5.41, 5.74) is 7.62. The van der Waals surface area contributed by atoms with E-state index in [4.69, 9.17) is 5.73 Å². The van der Waals surface area contributed by atoms with Gasteiger partial charge in [0, 0.05) is 12.1 Å². The van der Waals surface area contributed by atoms with Gasteiger partial charge in [0.05, 0.1) is 15.5 Å². The molecular weight excluding hydrogens is 309 g/mol. The van der Waals surface area contributed by atoms with E-state index in [9.17, 15) is 4.39 Å². The normalized spacial score (nSPS) is 23.9. The molecule has 2 aromatic rings. The third-order valence-electron chi connectivity index (χ3n) is 4.16. The number of nitrogens with two attached hydrogens (primary N) is 1. The van der Waals surface area contributed by atoms with E-state index in [0.29, 0.717) is 22.4 Å². The Morgan fingerprint density at radius 2 is 2.11 bits per heavy atom. The molecule has 1 aromatic carbocycles. The molecule has 0 aliphatic heterocycles. The van der Waals surface area contributed by atoms with Crippen LogP contribution in [0.4, 0.5) is 10.3 Å². The predicted octanol–water partition coefficient (Wildman–Crippen LogP) is 4.27. The van der Waals surface area contributed by atoms with Gasteiger partial charge in [0.2, 0.25) is 5.95 Å². The maximum Gasteiger partial charge on any atom is 0.201 e. The Kier molecular flexibility index (Phi) is 3.25. The molecule has 1 aliphatic rings. The van der Waals surface area contributed by atoms with Gasteiger partial charge in [0.25, 0.3) is 0 Å². The Labute approximate surface area is 120 Å². The van der Waals surface area contributed by atoms with Crippen LogP contribution in [0.25, 0.3) is 11.0 Å². The van der Waals surface area contributed by atoms with Crippen LogP contribution in [-0.4, -0.2) is 9.55 Å². The lowest BCUT2D eigenvalue weighted by Gasteiger charge is -2.31. The predicted molar refractivity (Wildman–Crippen MR) is 78.5 cm³/mol. The molecule has 102 valence electrons. The molecule has 3 nitrogen and oxygen atoms in total. The molecule has 3 rings (SSSR count). The first-order valence-corrected chi connectivity index (χ1v) is 7.49. The van der Waals surface area contributed by atoms with Crippen LogP contribution in [0, 0.1) is 11.7 Å². The minimum atomic E-state index is -0.267. The lowest BCUT2D eigenvalue weighted by Crippen LogP contribution is -2.22. The number of hydrogen-bond acceptors (Lipinski definition) is 2. The topological polar surface area (TPSA) is 43.8 Å². The van der Waals surface area contributed by atoms with Crippen LogP contribution in [0.1, 0.15) is 38.6 Å². The summed E-state index contributed by atoms with van der Waals surface area (Å²) in [5, 5.41) is 0. The molecule has 2 unspecified atom stereocenters. The Morgan fingerprint density at radius 1 is 1.37 bits per heavy atom. The highest BCUT2D eigenvalue weighted by Crippen LogP contribution is 2.38. The Bertz CT molecular complexity index is 623. The van der Waals surface area contributed by atoms with Crippen molar-refractivity contribution in [3.63, 3.8) is 0 Å². The van der Waals surface area contributed by atoms with E-state index in [2.05, 4.69) is 27.8 Å². The molecule has 0 amide bonds. The number of benzene rings is 1. The van der Waals surface area contributed by atoms with Crippen LogP contribution in [0.3, 0.4) is 0 Å². The number of aromatic nitrogens is 2. The van der Waals surface area contributed by atoms with Crippen molar-refractivity contribution in [3.05, 3.63) is 22.4 Å². The number of fused-ring (bicyclic) bond motifs is 1. The van der Waals surface area contributed by atoms with Gasteiger partial charge in [-0.05, 0) is 40.8 Å².